The van der Waals surface area contributed by atoms with E-state index in [0.29, 0.717) is 11.5 Å². The number of hydrogen-bond donors (Lipinski definition) is 2. The number of nitrogens with zero attached hydrogens (tertiary/aromatic N) is 2. The molecule has 0 radical (unpaired) electrons. The summed E-state index contributed by atoms with van der Waals surface area (Å²) in [5.41, 5.74) is -0.293. The van der Waals surface area contributed by atoms with Crippen LogP contribution in [0.4, 0.5) is 18.3 Å². The molecule has 0 aromatic carbocycles. The van der Waals surface area contributed by atoms with E-state index in [1.165, 1.54) is 0 Å². The van der Waals surface area contributed by atoms with Crippen molar-refractivity contribution in [1.82, 2.24) is 9.36 Å². The van der Waals surface area contributed by atoms with Crippen molar-refractivity contribution in [2.45, 2.75) is 33.0 Å². The van der Waals surface area contributed by atoms with E-state index in [-0.39, 0.29) is 23.2 Å². The first kappa shape index (κ1) is 14.2. The quantitative estimate of drug-likeness (QED) is 0.884. The molecule has 4 nitrogen and oxygen atoms in total. The van der Waals surface area contributed by atoms with E-state index in [1.807, 2.05) is 20.8 Å². The molecule has 0 unspecified atom stereocenters. The number of nitrogens with one attached hydrogen (secondary N) is 1. The fourth-order valence-corrected chi connectivity index (χ4v) is 1.72. The Kier molecular flexibility index (Phi) is 3.98. The summed E-state index contributed by atoms with van der Waals surface area (Å²) >= 11 is 0.633. The molecular formula is C9H14F3N3OS. The Balaban J connectivity index is 2.79. The van der Waals surface area contributed by atoms with Gasteiger partial charge >= 0.3 is 6.18 Å². The van der Waals surface area contributed by atoms with Crippen LogP contribution in [0.3, 0.4) is 0 Å². The van der Waals surface area contributed by atoms with Gasteiger partial charge in [-0.3, -0.25) is 0 Å². The zero-order chi connectivity index (χ0) is 13.3. The van der Waals surface area contributed by atoms with Crippen molar-refractivity contribution in [3.63, 3.8) is 0 Å². The predicted octanol–water partition coefficient (Wildman–Crippen LogP) is 2.38. The summed E-state index contributed by atoms with van der Waals surface area (Å²) < 4.78 is 40.0. The summed E-state index contributed by atoms with van der Waals surface area (Å²) in [4.78, 5) is 3.34. The Hall–Kier alpha value is -0.890. The molecule has 0 saturated heterocycles. The van der Waals surface area contributed by atoms with Gasteiger partial charge in [0.1, 0.15) is 0 Å². The first-order chi connectivity index (χ1) is 7.64. The highest BCUT2D eigenvalue weighted by atomic mass is 32.1. The summed E-state index contributed by atoms with van der Waals surface area (Å²) in [6.45, 7) is 5.41. The van der Waals surface area contributed by atoms with Crippen molar-refractivity contribution in [2.75, 3.05) is 11.9 Å². The highest BCUT2D eigenvalue weighted by molar-refractivity contribution is 7.09. The molecule has 1 aromatic heterocycles. The maximum Gasteiger partial charge on any atom is 0.452 e. The largest absolute Gasteiger partial charge is 0.452 e. The van der Waals surface area contributed by atoms with Gasteiger partial charge in [-0.15, -0.1) is 0 Å². The Morgan fingerprint density at radius 3 is 2.29 bits per heavy atom. The molecule has 0 saturated carbocycles. The molecule has 0 aliphatic heterocycles. The van der Waals surface area contributed by atoms with Crippen LogP contribution >= 0.6 is 11.5 Å². The van der Waals surface area contributed by atoms with Crippen LogP contribution < -0.4 is 5.32 Å². The van der Waals surface area contributed by atoms with E-state index >= 15 is 0 Å². The third-order valence-electron chi connectivity index (χ3n) is 2.21. The van der Waals surface area contributed by atoms with Crippen molar-refractivity contribution >= 4 is 16.7 Å². The van der Waals surface area contributed by atoms with Crippen LogP contribution in [0.15, 0.2) is 0 Å². The van der Waals surface area contributed by atoms with Crippen molar-refractivity contribution < 1.29 is 18.3 Å². The lowest BCUT2D eigenvalue weighted by molar-refractivity contribution is -0.144. The minimum atomic E-state index is -4.53. The van der Waals surface area contributed by atoms with E-state index < -0.39 is 12.0 Å². The molecule has 0 bridgehead atoms. The Morgan fingerprint density at radius 1 is 1.35 bits per heavy atom. The molecular weight excluding hydrogens is 255 g/mol. The number of aliphatic hydroxyl groups is 1. The standard InChI is InChI=1S/C9H14F3N3OS/c1-8(2,3)5(4-16)13-7-14-6(15-17-7)9(10,11)12/h5,16H,4H2,1-3H3,(H,13,14,15)/t5-/m1/s1. The average Bonchev–Trinajstić information content (AvgIpc) is 2.59. The van der Waals surface area contributed by atoms with Crippen LogP contribution in [0, 0.1) is 5.41 Å². The van der Waals surface area contributed by atoms with Gasteiger partial charge in [0.05, 0.1) is 12.6 Å². The van der Waals surface area contributed by atoms with Crippen LogP contribution in [0.5, 0.6) is 0 Å². The van der Waals surface area contributed by atoms with Gasteiger partial charge in [-0.25, -0.2) is 0 Å². The number of rotatable bonds is 3. The van der Waals surface area contributed by atoms with Crippen LogP contribution in [-0.2, 0) is 6.18 Å². The van der Waals surface area contributed by atoms with E-state index in [9.17, 15) is 13.2 Å². The summed E-state index contributed by atoms with van der Waals surface area (Å²) in [5.74, 6) is -1.16. The van der Waals surface area contributed by atoms with E-state index in [0.717, 1.165) is 0 Å². The van der Waals surface area contributed by atoms with Crippen LogP contribution in [0.2, 0.25) is 0 Å². The molecule has 0 amide bonds. The van der Waals surface area contributed by atoms with Gasteiger partial charge in [0.2, 0.25) is 11.0 Å². The smallest absolute Gasteiger partial charge is 0.394 e. The normalized spacial score (nSPS) is 14.8. The fraction of sp³-hybridized carbons (Fsp3) is 0.778. The molecule has 1 heterocycles. The van der Waals surface area contributed by atoms with Crippen molar-refractivity contribution in [1.29, 1.82) is 0 Å². The lowest BCUT2D eigenvalue weighted by atomic mass is 9.87. The Morgan fingerprint density at radius 2 is 1.94 bits per heavy atom. The van der Waals surface area contributed by atoms with Crippen molar-refractivity contribution in [3.05, 3.63) is 5.82 Å². The van der Waals surface area contributed by atoms with Crippen LogP contribution in [0.1, 0.15) is 26.6 Å². The lowest BCUT2D eigenvalue weighted by Gasteiger charge is -2.29. The van der Waals surface area contributed by atoms with Crippen molar-refractivity contribution in [3.8, 4) is 0 Å². The summed E-state index contributed by atoms with van der Waals surface area (Å²) in [7, 11) is 0. The molecule has 0 aliphatic rings. The molecule has 98 valence electrons. The maximum atomic E-state index is 12.3. The maximum absolute atomic E-state index is 12.3. The molecule has 1 aromatic rings. The minimum absolute atomic E-state index is 0.0614. The van der Waals surface area contributed by atoms with Gasteiger partial charge < -0.3 is 10.4 Å². The monoisotopic (exact) mass is 269 g/mol. The topological polar surface area (TPSA) is 58.0 Å². The van der Waals surface area contributed by atoms with E-state index in [2.05, 4.69) is 14.7 Å². The zero-order valence-corrected chi connectivity index (χ0v) is 10.5. The van der Waals surface area contributed by atoms with Crippen LogP contribution in [-0.4, -0.2) is 27.1 Å². The minimum Gasteiger partial charge on any atom is -0.394 e. The van der Waals surface area contributed by atoms with Gasteiger partial charge in [0.25, 0.3) is 0 Å². The number of aliphatic hydroxyl groups excluding tert-OH is 1. The van der Waals surface area contributed by atoms with Gasteiger partial charge in [0, 0.05) is 11.5 Å². The average molecular weight is 269 g/mol. The number of anilines is 1. The van der Waals surface area contributed by atoms with Crippen LogP contribution in [0.25, 0.3) is 0 Å². The predicted molar refractivity (Wildman–Crippen MR) is 58.9 cm³/mol. The van der Waals surface area contributed by atoms with E-state index in [4.69, 9.17) is 5.11 Å². The number of aromatic nitrogens is 2. The van der Waals surface area contributed by atoms with Gasteiger partial charge in [-0.2, -0.15) is 22.5 Å². The number of alkyl halides is 3. The molecule has 2 N–H and O–H groups in total. The summed E-state index contributed by atoms with van der Waals surface area (Å²) in [6, 6.07) is -0.378. The highest BCUT2D eigenvalue weighted by Crippen LogP contribution is 2.30. The Bertz CT molecular complexity index is 372. The fourth-order valence-electron chi connectivity index (χ4n) is 1.08. The van der Waals surface area contributed by atoms with Gasteiger partial charge in [-0.1, -0.05) is 20.8 Å². The molecule has 8 heteroatoms. The molecule has 1 atom stereocenters. The second-order valence-corrected chi connectivity index (χ2v) is 5.42. The molecule has 0 fully saturated rings. The van der Waals surface area contributed by atoms with Gasteiger partial charge in [0.15, 0.2) is 0 Å². The zero-order valence-electron chi connectivity index (χ0n) is 9.67. The summed E-state index contributed by atoms with van der Waals surface area (Å²) in [5, 5.41) is 12.0. The SMILES string of the molecule is CC(C)(C)[C@@H](CO)Nc1nc(C(F)(F)F)ns1. The first-order valence-corrected chi connectivity index (χ1v) is 5.70. The third kappa shape index (κ3) is 3.81. The molecule has 0 aliphatic carbocycles. The van der Waals surface area contributed by atoms with Gasteiger partial charge in [-0.05, 0) is 5.41 Å². The number of hydrogen-bond acceptors (Lipinski definition) is 5. The third-order valence-corrected chi connectivity index (χ3v) is 2.85. The van der Waals surface area contributed by atoms with Crippen molar-refractivity contribution in [2.24, 2.45) is 5.41 Å². The Labute approximate surface area is 101 Å². The number of halogens is 3. The second kappa shape index (κ2) is 4.77. The first-order valence-electron chi connectivity index (χ1n) is 4.93. The molecule has 1 rings (SSSR count). The second-order valence-electron chi connectivity index (χ2n) is 4.67. The molecule has 17 heavy (non-hydrogen) atoms. The lowest BCUT2D eigenvalue weighted by Crippen LogP contribution is -2.37. The molecule has 0 spiro atoms. The van der Waals surface area contributed by atoms with E-state index in [1.54, 1.807) is 0 Å². The summed E-state index contributed by atoms with van der Waals surface area (Å²) in [6.07, 6.45) is -4.53. The highest BCUT2D eigenvalue weighted by Gasteiger charge is 2.36.